The molecule has 84 valence electrons. The van der Waals surface area contributed by atoms with Gasteiger partial charge >= 0.3 is 0 Å². The maximum atomic E-state index is 11.1. The zero-order valence-electron chi connectivity index (χ0n) is 9.16. The van der Waals surface area contributed by atoms with Crippen molar-refractivity contribution in [2.24, 2.45) is 0 Å². The minimum absolute atomic E-state index is 0.229. The van der Waals surface area contributed by atoms with Crippen molar-refractivity contribution in [2.45, 2.75) is 45.4 Å². The van der Waals surface area contributed by atoms with Gasteiger partial charge in [-0.25, -0.2) is 0 Å². The number of aryl methyl sites for hydroxylation is 1. The highest BCUT2D eigenvalue weighted by Crippen LogP contribution is 2.14. The molecule has 0 fully saturated rings. The first kappa shape index (κ1) is 11.8. The summed E-state index contributed by atoms with van der Waals surface area (Å²) in [7, 11) is 0. The van der Waals surface area contributed by atoms with E-state index in [1.165, 1.54) is 31.6 Å². The summed E-state index contributed by atoms with van der Waals surface area (Å²) >= 11 is 0. The summed E-state index contributed by atoms with van der Waals surface area (Å²) in [6.45, 7) is 2.17. The normalized spacial score (nSPS) is 10.5. The van der Waals surface area contributed by atoms with Gasteiger partial charge in [-0.3, -0.25) is 4.79 Å². The van der Waals surface area contributed by atoms with Gasteiger partial charge in [-0.05, 0) is 6.42 Å². The third-order valence-electron chi connectivity index (χ3n) is 2.43. The van der Waals surface area contributed by atoms with Crippen LogP contribution in [0.3, 0.4) is 0 Å². The van der Waals surface area contributed by atoms with Gasteiger partial charge in [0.2, 0.25) is 11.2 Å². The largest absolute Gasteiger partial charge is 0.502 e. The van der Waals surface area contributed by atoms with E-state index < -0.39 is 0 Å². The third-order valence-corrected chi connectivity index (χ3v) is 2.43. The summed E-state index contributed by atoms with van der Waals surface area (Å²) in [5.41, 5.74) is -0.357. The molecule has 0 aliphatic rings. The van der Waals surface area contributed by atoms with E-state index in [0.29, 0.717) is 12.2 Å². The molecule has 0 bridgehead atoms. The molecular weight excluding hydrogens is 192 g/mol. The van der Waals surface area contributed by atoms with Crippen molar-refractivity contribution in [1.82, 2.24) is 0 Å². The molecule has 0 aromatic carbocycles. The van der Waals surface area contributed by atoms with E-state index >= 15 is 0 Å². The van der Waals surface area contributed by atoms with Crippen LogP contribution in [0.4, 0.5) is 0 Å². The van der Waals surface area contributed by atoms with Crippen molar-refractivity contribution in [3.05, 3.63) is 28.3 Å². The van der Waals surface area contributed by atoms with Crippen LogP contribution in [0.2, 0.25) is 0 Å². The Morgan fingerprint density at radius 1 is 1.27 bits per heavy atom. The number of rotatable bonds is 6. The monoisotopic (exact) mass is 210 g/mol. The molecule has 3 nitrogen and oxygen atoms in total. The van der Waals surface area contributed by atoms with Gasteiger partial charge in [-0.15, -0.1) is 0 Å². The van der Waals surface area contributed by atoms with Crippen LogP contribution in [0, 0.1) is 0 Å². The lowest BCUT2D eigenvalue weighted by molar-refractivity contribution is 0.394. The molecule has 0 atom stereocenters. The first-order valence-corrected chi connectivity index (χ1v) is 5.55. The van der Waals surface area contributed by atoms with Crippen LogP contribution in [-0.4, -0.2) is 5.11 Å². The standard InChI is InChI=1S/C12H18O3/c1-2-3-4-5-6-7-11-12(14)10(13)8-9-15-11/h8-9,14H,2-7H2,1H3. The zero-order chi connectivity index (χ0) is 11.1. The lowest BCUT2D eigenvalue weighted by Crippen LogP contribution is -2.00. The predicted molar refractivity (Wildman–Crippen MR) is 59.1 cm³/mol. The van der Waals surface area contributed by atoms with Crippen molar-refractivity contribution >= 4 is 0 Å². The predicted octanol–water partition coefficient (Wildman–Crippen LogP) is 2.86. The van der Waals surface area contributed by atoms with Gasteiger partial charge in [0.25, 0.3) is 0 Å². The molecule has 1 N–H and O–H groups in total. The van der Waals surface area contributed by atoms with Gasteiger partial charge in [0, 0.05) is 12.5 Å². The minimum Gasteiger partial charge on any atom is -0.502 e. The summed E-state index contributed by atoms with van der Waals surface area (Å²) < 4.78 is 5.10. The van der Waals surface area contributed by atoms with Crippen LogP contribution >= 0.6 is 0 Å². The van der Waals surface area contributed by atoms with Gasteiger partial charge in [0.1, 0.15) is 5.76 Å². The molecule has 0 amide bonds. The van der Waals surface area contributed by atoms with E-state index in [1.807, 2.05) is 0 Å². The molecule has 0 aliphatic heterocycles. The molecule has 0 saturated heterocycles. The molecular formula is C12H18O3. The van der Waals surface area contributed by atoms with E-state index in [-0.39, 0.29) is 11.2 Å². The molecule has 0 aliphatic carbocycles. The van der Waals surface area contributed by atoms with Gasteiger partial charge in [0.15, 0.2) is 0 Å². The number of hydrogen-bond donors (Lipinski definition) is 1. The third kappa shape index (κ3) is 3.78. The average molecular weight is 210 g/mol. The number of aromatic hydroxyl groups is 1. The Bertz CT molecular complexity index is 341. The van der Waals surface area contributed by atoms with E-state index in [2.05, 4.69) is 6.92 Å². The van der Waals surface area contributed by atoms with Gasteiger partial charge in [-0.1, -0.05) is 32.6 Å². The Hall–Kier alpha value is -1.25. The second-order valence-electron chi connectivity index (χ2n) is 3.72. The highest BCUT2D eigenvalue weighted by atomic mass is 16.4. The van der Waals surface area contributed by atoms with Crippen LogP contribution in [-0.2, 0) is 6.42 Å². The maximum Gasteiger partial charge on any atom is 0.226 e. The second-order valence-corrected chi connectivity index (χ2v) is 3.72. The van der Waals surface area contributed by atoms with Gasteiger partial charge < -0.3 is 9.52 Å². The van der Waals surface area contributed by atoms with Crippen LogP contribution in [0.1, 0.15) is 44.8 Å². The fourth-order valence-electron chi connectivity index (χ4n) is 1.52. The molecule has 3 heteroatoms. The molecule has 15 heavy (non-hydrogen) atoms. The minimum atomic E-state index is -0.357. The summed E-state index contributed by atoms with van der Waals surface area (Å²) in [6.07, 6.45) is 7.71. The van der Waals surface area contributed by atoms with E-state index in [0.717, 1.165) is 12.8 Å². The lowest BCUT2D eigenvalue weighted by Gasteiger charge is -2.01. The molecule has 1 aromatic heterocycles. The number of unbranched alkanes of at least 4 members (excludes halogenated alkanes) is 4. The topological polar surface area (TPSA) is 50.4 Å². The lowest BCUT2D eigenvalue weighted by atomic mass is 10.1. The van der Waals surface area contributed by atoms with E-state index in [4.69, 9.17) is 4.42 Å². The van der Waals surface area contributed by atoms with Crippen LogP contribution < -0.4 is 5.43 Å². The van der Waals surface area contributed by atoms with Crippen LogP contribution in [0.15, 0.2) is 21.5 Å². The van der Waals surface area contributed by atoms with Gasteiger partial charge in [0.05, 0.1) is 6.26 Å². The van der Waals surface area contributed by atoms with Crippen LogP contribution in [0.5, 0.6) is 5.75 Å². The first-order valence-electron chi connectivity index (χ1n) is 5.55. The van der Waals surface area contributed by atoms with Crippen molar-refractivity contribution in [2.75, 3.05) is 0 Å². The Labute approximate surface area is 89.7 Å². The van der Waals surface area contributed by atoms with E-state index in [9.17, 15) is 9.90 Å². The van der Waals surface area contributed by atoms with E-state index in [1.54, 1.807) is 0 Å². The molecule has 1 aromatic rings. The molecule has 1 rings (SSSR count). The molecule has 0 radical (unpaired) electrons. The summed E-state index contributed by atoms with van der Waals surface area (Å²) in [5.74, 6) is 0.187. The van der Waals surface area contributed by atoms with Crippen LogP contribution in [0.25, 0.3) is 0 Å². The Kier molecular flexibility index (Phi) is 4.95. The van der Waals surface area contributed by atoms with Crippen molar-refractivity contribution in [1.29, 1.82) is 0 Å². The summed E-state index contributed by atoms with van der Waals surface area (Å²) in [4.78, 5) is 11.1. The Morgan fingerprint density at radius 3 is 2.73 bits per heavy atom. The maximum absolute atomic E-state index is 11.1. The van der Waals surface area contributed by atoms with Crippen molar-refractivity contribution in [3.63, 3.8) is 0 Å². The number of hydrogen-bond acceptors (Lipinski definition) is 3. The smallest absolute Gasteiger partial charge is 0.226 e. The molecule has 0 spiro atoms. The highest BCUT2D eigenvalue weighted by molar-refractivity contribution is 5.22. The quantitative estimate of drug-likeness (QED) is 0.734. The SMILES string of the molecule is CCCCCCCc1occc(=O)c1O. The fourth-order valence-corrected chi connectivity index (χ4v) is 1.52. The molecule has 0 unspecified atom stereocenters. The second kappa shape index (κ2) is 6.27. The average Bonchev–Trinajstić information content (AvgIpc) is 2.24. The van der Waals surface area contributed by atoms with Crippen molar-refractivity contribution in [3.8, 4) is 5.75 Å². The fraction of sp³-hybridized carbons (Fsp3) is 0.583. The Morgan fingerprint density at radius 2 is 2.00 bits per heavy atom. The van der Waals surface area contributed by atoms with Gasteiger partial charge in [-0.2, -0.15) is 0 Å². The first-order chi connectivity index (χ1) is 7.25. The summed E-state index contributed by atoms with van der Waals surface area (Å²) in [6, 6.07) is 1.23. The highest BCUT2D eigenvalue weighted by Gasteiger charge is 2.06. The Balaban J connectivity index is 2.38. The molecule has 0 saturated carbocycles. The van der Waals surface area contributed by atoms with Crippen molar-refractivity contribution < 1.29 is 9.52 Å². The molecule has 1 heterocycles. The summed E-state index contributed by atoms with van der Waals surface area (Å²) in [5, 5.41) is 9.39. The zero-order valence-corrected chi connectivity index (χ0v) is 9.16.